The van der Waals surface area contributed by atoms with Crippen LogP contribution in [-0.2, 0) is 9.53 Å². The van der Waals surface area contributed by atoms with Crippen molar-refractivity contribution in [3.63, 3.8) is 0 Å². The first kappa shape index (κ1) is 19.3. The maximum atomic E-state index is 14.5. The number of amides is 1. The van der Waals surface area contributed by atoms with Gasteiger partial charge in [-0.3, -0.25) is 9.69 Å². The molecule has 6 heteroatoms. The molecule has 3 aromatic carbocycles. The number of carbonyl (C=O) groups is 2. The normalized spacial score (nSPS) is 14.7. The van der Waals surface area contributed by atoms with E-state index in [0.717, 1.165) is 0 Å². The van der Waals surface area contributed by atoms with Gasteiger partial charge in [0.25, 0.3) is 5.91 Å². The monoisotopic (exact) mass is 400 g/mol. The number of carbonyl (C=O) groups excluding carboxylic acids is 2. The molecule has 3 aromatic rings. The summed E-state index contributed by atoms with van der Waals surface area (Å²) in [7, 11) is 1.31. The molecule has 0 saturated heterocycles. The Labute approximate surface area is 172 Å². The molecule has 30 heavy (non-hydrogen) atoms. The summed E-state index contributed by atoms with van der Waals surface area (Å²) in [5.41, 5.74) is 2.08. The highest BCUT2D eigenvalue weighted by atomic mass is 19.1. The van der Waals surface area contributed by atoms with E-state index < -0.39 is 11.8 Å². The summed E-state index contributed by atoms with van der Waals surface area (Å²) in [6.45, 7) is 0. The fraction of sp³-hybridized carbons (Fsp3) is 0.0417. The smallest absolute Gasteiger partial charge is 0.337 e. The van der Waals surface area contributed by atoms with Crippen molar-refractivity contribution >= 4 is 29.5 Å². The molecule has 4 rings (SSSR count). The highest BCUT2D eigenvalue weighted by molar-refractivity contribution is 6.33. The van der Waals surface area contributed by atoms with E-state index in [2.05, 4.69) is 4.99 Å². The number of benzene rings is 3. The van der Waals surface area contributed by atoms with Crippen molar-refractivity contribution in [3.05, 3.63) is 107 Å². The Hall–Kier alpha value is -4.06. The van der Waals surface area contributed by atoms with Gasteiger partial charge in [0.1, 0.15) is 11.5 Å². The Morgan fingerprint density at radius 3 is 2.30 bits per heavy atom. The quantitative estimate of drug-likeness (QED) is 0.480. The standard InChI is InChI=1S/C24H17FN2O3/c1-30-24(29)17-13-11-16(12-14-17)15-21-23(28)27(18-7-3-2-4-8-18)22(26-21)19-9-5-6-10-20(19)25/h2-15H,1H3/b21-15+. The Morgan fingerprint density at radius 2 is 1.63 bits per heavy atom. The molecule has 0 aliphatic carbocycles. The van der Waals surface area contributed by atoms with Gasteiger partial charge in [-0.1, -0.05) is 42.5 Å². The average molecular weight is 400 g/mol. The van der Waals surface area contributed by atoms with Crippen molar-refractivity contribution in [2.75, 3.05) is 12.0 Å². The van der Waals surface area contributed by atoms with Crippen molar-refractivity contribution in [3.8, 4) is 0 Å². The molecule has 0 unspecified atom stereocenters. The van der Waals surface area contributed by atoms with E-state index in [-0.39, 0.29) is 23.0 Å². The van der Waals surface area contributed by atoms with Gasteiger partial charge in [-0.2, -0.15) is 0 Å². The number of methoxy groups -OCH3 is 1. The number of para-hydroxylation sites is 1. The summed E-state index contributed by atoms with van der Waals surface area (Å²) in [5.74, 6) is -1.05. The van der Waals surface area contributed by atoms with Gasteiger partial charge in [-0.05, 0) is 48.0 Å². The van der Waals surface area contributed by atoms with E-state index in [0.29, 0.717) is 16.8 Å². The second kappa shape index (κ2) is 8.13. The number of nitrogens with zero attached hydrogens (tertiary/aromatic N) is 2. The lowest BCUT2D eigenvalue weighted by Crippen LogP contribution is -2.33. The minimum absolute atomic E-state index is 0.169. The van der Waals surface area contributed by atoms with Gasteiger partial charge in [-0.15, -0.1) is 0 Å². The number of amidine groups is 1. The van der Waals surface area contributed by atoms with Crippen molar-refractivity contribution in [1.82, 2.24) is 0 Å². The second-order valence-corrected chi connectivity index (χ2v) is 6.53. The Kier molecular flexibility index (Phi) is 5.22. The molecule has 0 saturated carbocycles. The van der Waals surface area contributed by atoms with Gasteiger partial charge in [-0.25, -0.2) is 14.2 Å². The van der Waals surface area contributed by atoms with Crippen LogP contribution in [0.4, 0.5) is 10.1 Å². The first-order valence-electron chi connectivity index (χ1n) is 9.21. The summed E-state index contributed by atoms with van der Waals surface area (Å²) in [6, 6.07) is 21.8. The average Bonchev–Trinajstić information content (AvgIpc) is 3.10. The lowest BCUT2D eigenvalue weighted by atomic mass is 10.1. The van der Waals surface area contributed by atoms with Crippen LogP contribution in [0.25, 0.3) is 6.08 Å². The van der Waals surface area contributed by atoms with Crippen LogP contribution >= 0.6 is 0 Å². The minimum atomic E-state index is -0.464. The first-order chi connectivity index (χ1) is 14.6. The summed E-state index contributed by atoms with van der Waals surface area (Å²) in [5, 5.41) is 0. The highest BCUT2D eigenvalue weighted by Gasteiger charge is 2.33. The van der Waals surface area contributed by atoms with Gasteiger partial charge in [0.05, 0.1) is 23.9 Å². The van der Waals surface area contributed by atoms with Crippen molar-refractivity contribution in [2.24, 2.45) is 4.99 Å². The van der Waals surface area contributed by atoms with E-state index in [1.165, 1.54) is 18.1 Å². The number of esters is 1. The predicted octanol–water partition coefficient (Wildman–Crippen LogP) is 4.45. The molecule has 1 aliphatic heterocycles. The molecule has 1 heterocycles. The molecule has 0 bridgehead atoms. The van der Waals surface area contributed by atoms with Crippen molar-refractivity contribution in [1.29, 1.82) is 0 Å². The minimum Gasteiger partial charge on any atom is -0.465 e. The van der Waals surface area contributed by atoms with Gasteiger partial charge in [0, 0.05) is 0 Å². The molecule has 0 radical (unpaired) electrons. The molecule has 5 nitrogen and oxygen atoms in total. The van der Waals surface area contributed by atoms with Crippen molar-refractivity contribution < 1.29 is 18.7 Å². The Morgan fingerprint density at radius 1 is 0.967 bits per heavy atom. The van der Waals surface area contributed by atoms with Crippen molar-refractivity contribution in [2.45, 2.75) is 0 Å². The van der Waals surface area contributed by atoms with Gasteiger partial charge < -0.3 is 4.74 Å². The van der Waals surface area contributed by atoms with Crippen LogP contribution < -0.4 is 4.90 Å². The van der Waals surface area contributed by atoms with Crippen LogP contribution in [0, 0.1) is 5.82 Å². The van der Waals surface area contributed by atoms with E-state index in [4.69, 9.17) is 4.74 Å². The van der Waals surface area contributed by atoms with Crippen LogP contribution in [0.15, 0.2) is 89.6 Å². The van der Waals surface area contributed by atoms with Gasteiger partial charge in [0.2, 0.25) is 0 Å². The molecule has 0 fully saturated rings. The lowest BCUT2D eigenvalue weighted by molar-refractivity contribution is -0.113. The SMILES string of the molecule is COC(=O)c1ccc(/C=C2/N=C(c3ccccc3F)N(c3ccccc3)C2=O)cc1. The second-order valence-electron chi connectivity index (χ2n) is 6.53. The fourth-order valence-electron chi connectivity index (χ4n) is 3.15. The number of anilines is 1. The molecular weight excluding hydrogens is 383 g/mol. The third kappa shape index (κ3) is 3.63. The number of aliphatic imine (C=N–C) groups is 1. The highest BCUT2D eigenvalue weighted by Crippen LogP contribution is 2.28. The molecule has 0 atom stereocenters. The largest absolute Gasteiger partial charge is 0.465 e. The lowest BCUT2D eigenvalue weighted by Gasteiger charge is -2.18. The summed E-state index contributed by atoms with van der Waals surface area (Å²) < 4.78 is 19.2. The van der Waals surface area contributed by atoms with E-state index in [1.807, 2.05) is 6.07 Å². The van der Waals surface area contributed by atoms with Crippen LogP contribution in [0.3, 0.4) is 0 Å². The third-order valence-electron chi connectivity index (χ3n) is 4.62. The summed E-state index contributed by atoms with van der Waals surface area (Å²) in [4.78, 5) is 30.6. The van der Waals surface area contributed by atoms with E-state index in [1.54, 1.807) is 72.8 Å². The van der Waals surface area contributed by atoms with Gasteiger partial charge >= 0.3 is 5.97 Å². The molecule has 1 amide bonds. The first-order valence-corrected chi connectivity index (χ1v) is 9.21. The van der Waals surface area contributed by atoms with Crippen LogP contribution in [0.5, 0.6) is 0 Å². The van der Waals surface area contributed by atoms with E-state index >= 15 is 0 Å². The number of halogens is 1. The Balaban J connectivity index is 1.77. The maximum absolute atomic E-state index is 14.5. The van der Waals surface area contributed by atoms with Crippen LogP contribution in [0.2, 0.25) is 0 Å². The number of hydrogen-bond donors (Lipinski definition) is 0. The van der Waals surface area contributed by atoms with E-state index in [9.17, 15) is 14.0 Å². The maximum Gasteiger partial charge on any atom is 0.337 e. The van der Waals surface area contributed by atoms with Gasteiger partial charge in [0.15, 0.2) is 5.84 Å². The molecule has 0 aromatic heterocycles. The zero-order valence-electron chi connectivity index (χ0n) is 16.1. The Bertz CT molecular complexity index is 1170. The molecule has 0 N–H and O–H groups in total. The number of hydrogen-bond acceptors (Lipinski definition) is 4. The predicted molar refractivity (Wildman–Crippen MR) is 113 cm³/mol. The fourth-order valence-corrected chi connectivity index (χ4v) is 3.15. The molecular formula is C24H17FN2O3. The zero-order valence-corrected chi connectivity index (χ0v) is 16.1. The number of rotatable bonds is 4. The third-order valence-corrected chi connectivity index (χ3v) is 4.62. The summed E-state index contributed by atoms with van der Waals surface area (Å²) >= 11 is 0. The summed E-state index contributed by atoms with van der Waals surface area (Å²) in [6.07, 6.45) is 1.60. The number of ether oxygens (including phenoxy) is 1. The molecule has 148 valence electrons. The van der Waals surface area contributed by atoms with Crippen LogP contribution in [0.1, 0.15) is 21.5 Å². The molecule has 1 aliphatic rings. The zero-order chi connectivity index (χ0) is 21.1. The topological polar surface area (TPSA) is 59.0 Å². The van der Waals surface area contributed by atoms with Crippen LogP contribution in [-0.4, -0.2) is 24.8 Å². The molecule has 0 spiro atoms.